The largest absolute Gasteiger partial charge is 0.372 e. The lowest BCUT2D eigenvalue weighted by Gasteiger charge is -2.48. The molecule has 3 aliphatic carbocycles. The van der Waals surface area contributed by atoms with Gasteiger partial charge in [0.1, 0.15) is 0 Å². The van der Waals surface area contributed by atoms with Crippen molar-refractivity contribution in [2.24, 2.45) is 11.8 Å². The van der Waals surface area contributed by atoms with E-state index in [-0.39, 0.29) is 11.4 Å². The first-order valence-electron chi connectivity index (χ1n) is 9.42. The van der Waals surface area contributed by atoms with E-state index in [1.807, 2.05) is 0 Å². The van der Waals surface area contributed by atoms with Gasteiger partial charge < -0.3 is 15.4 Å². The Hall–Kier alpha value is -1.43. The van der Waals surface area contributed by atoms with Crippen molar-refractivity contribution in [1.29, 1.82) is 0 Å². The minimum atomic E-state index is 0.111. The van der Waals surface area contributed by atoms with Crippen LogP contribution in [0.15, 0.2) is 18.2 Å². The van der Waals surface area contributed by atoms with Crippen molar-refractivity contribution in [3.05, 3.63) is 34.2 Å². The van der Waals surface area contributed by atoms with Gasteiger partial charge in [0.15, 0.2) is 0 Å². The Morgan fingerprint density at radius 1 is 1.24 bits per heavy atom. The number of carbonyl (C=O) groups is 1. The molecule has 5 heteroatoms. The van der Waals surface area contributed by atoms with Crippen LogP contribution in [-0.4, -0.2) is 24.0 Å². The van der Waals surface area contributed by atoms with E-state index >= 15 is 0 Å². The molecule has 1 spiro atoms. The highest BCUT2D eigenvalue weighted by Gasteiger charge is 2.61. The van der Waals surface area contributed by atoms with Crippen LogP contribution in [0, 0.1) is 11.8 Å². The lowest BCUT2D eigenvalue weighted by molar-refractivity contribution is 0.0637. The van der Waals surface area contributed by atoms with Crippen molar-refractivity contribution in [1.82, 2.24) is 10.6 Å². The molecule has 1 aromatic carbocycles. The molecule has 2 aliphatic heterocycles. The third kappa shape index (κ3) is 2.03. The summed E-state index contributed by atoms with van der Waals surface area (Å²) >= 11 is 1.63. The Balaban J connectivity index is 1.31. The van der Waals surface area contributed by atoms with Crippen LogP contribution in [0.2, 0.25) is 0 Å². The molecule has 4 nitrogen and oxygen atoms in total. The molecule has 5 aliphatic rings. The highest BCUT2D eigenvalue weighted by molar-refractivity contribution is 7.21. The molecule has 3 saturated carbocycles. The minimum Gasteiger partial charge on any atom is -0.372 e. The van der Waals surface area contributed by atoms with E-state index < -0.39 is 0 Å². The number of carbonyl (C=O) groups excluding carboxylic acids is 1. The Labute approximate surface area is 150 Å². The first-order valence-corrected chi connectivity index (χ1v) is 10.2. The molecule has 25 heavy (non-hydrogen) atoms. The molecule has 3 heterocycles. The third-order valence-corrected chi connectivity index (χ3v) is 8.22. The predicted octanol–water partition coefficient (Wildman–Crippen LogP) is 3.19. The standard InChI is InChI=1S/C20H22N2O2S/c23-19(22-18-11-3-5-14(6-4-11)20(18)10-21-20)16-7-12-1-2-13-8-24-9-15(13)17(12)25-16/h1-2,7,11,14,18,21H,3-6,8-10H2,(H,22,23)/t11?,14?,18?,20-/m0/s1. The fourth-order valence-corrected chi connectivity index (χ4v) is 6.70. The van der Waals surface area contributed by atoms with E-state index in [9.17, 15) is 4.79 Å². The van der Waals surface area contributed by atoms with Gasteiger partial charge in [-0.05, 0) is 54.5 Å². The van der Waals surface area contributed by atoms with Crippen LogP contribution in [0.4, 0.5) is 0 Å². The van der Waals surface area contributed by atoms with Gasteiger partial charge in [0, 0.05) is 16.8 Å². The summed E-state index contributed by atoms with van der Waals surface area (Å²) in [5, 5.41) is 8.22. The van der Waals surface area contributed by atoms with Crippen molar-refractivity contribution in [2.45, 2.75) is 50.5 Å². The Kier molecular flexibility index (Phi) is 2.98. The number of benzene rings is 1. The molecule has 4 fully saturated rings. The summed E-state index contributed by atoms with van der Waals surface area (Å²) in [7, 11) is 0. The molecule has 2 N–H and O–H groups in total. The number of rotatable bonds is 2. The van der Waals surface area contributed by atoms with Gasteiger partial charge in [-0.25, -0.2) is 0 Å². The summed E-state index contributed by atoms with van der Waals surface area (Å²) in [5.74, 6) is 1.51. The van der Waals surface area contributed by atoms with Gasteiger partial charge in [-0.15, -0.1) is 11.3 Å². The number of hydrogen-bond donors (Lipinski definition) is 2. The highest BCUT2D eigenvalue weighted by atomic mass is 32.1. The highest BCUT2D eigenvalue weighted by Crippen LogP contribution is 2.51. The maximum Gasteiger partial charge on any atom is 0.261 e. The van der Waals surface area contributed by atoms with Gasteiger partial charge in [0.05, 0.1) is 29.7 Å². The summed E-state index contributed by atoms with van der Waals surface area (Å²) in [4.78, 5) is 13.9. The van der Waals surface area contributed by atoms with E-state index in [1.54, 1.807) is 11.3 Å². The second-order valence-electron chi connectivity index (χ2n) is 8.18. The molecular weight excluding hydrogens is 332 g/mol. The van der Waals surface area contributed by atoms with Crippen molar-refractivity contribution >= 4 is 27.3 Å². The molecule has 2 bridgehead atoms. The topological polar surface area (TPSA) is 60.3 Å². The minimum absolute atomic E-state index is 0.111. The zero-order valence-corrected chi connectivity index (χ0v) is 15.0. The summed E-state index contributed by atoms with van der Waals surface area (Å²) in [6.07, 6.45) is 5.21. The average molecular weight is 354 g/mol. The van der Waals surface area contributed by atoms with Crippen LogP contribution in [0.25, 0.3) is 10.1 Å². The van der Waals surface area contributed by atoms with Gasteiger partial charge in [-0.1, -0.05) is 12.1 Å². The maximum atomic E-state index is 13.0. The third-order valence-electron chi connectivity index (χ3n) is 7.01. The quantitative estimate of drug-likeness (QED) is 0.814. The van der Waals surface area contributed by atoms with Crippen LogP contribution < -0.4 is 10.6 Å². The van der Waals surface area contributed by atoms with E-state index in [0.717, 1.165) is 17.3 Å². The number of ether oxygens (including phenoxy) is 1. The Bertz CT molecular complexity index is 877. The van der Waals surface area contributed by atoms with E-state index in [4.69, 9.17) is 4.74 Å². The average Bonchev–Trinajstić information content (AvgIpc) is 3.08. The Morgan fingerprint density at radius 3 is 2.88 bits per heavy atom. The summed E-state index contributed by atoms with van der Waals surface area (Å²) in [6.45, 7) is 2.45. The van der Waals surface area contributed by atoms with Gasteiger partial charge in [0.25, 0.3) is 5.91 Å². The van der Waals surface area contributed by atoms with Crippen LogP contribution in [0.3, 0.4) is 0 Å². The molecule has 1 saturated heterocycles. The first-order chi connectivity index (χ1) is 12.2. The molecule has 2 atom stereocenters. The molecular formula is C20H22N2O2S. The van der Waals surface area contributed by atoms with Crippen LogP contribution >= 0.6 is 11.3 Å². The number of amides is 1. The predicted molar refractivity (Wildman–Crippen MR) is 97.8 cm³/mol. The van der Waals surface area contributed by atoms with E-state index in [1.165, 1.54) is 46.9 Å². The zero-order chi connectivity index (χ0) is 16.6. The lowest BCUT2D eigenvalue weighted by Crippen LogP contribution is -2.60. The first kappa shape index (κ1) is 14.7. The summed E-state index contributed by atoms with van der Waals surface area (Å²) in [5.41, 5.74) is 2.76. The molecule has 1 amide bonds. The molecule has 7 rings (SSSR count). The number of nitrogens with one attached hydrogen (secondary N) is 2. The fourth-order valence-electron chi connectivity index (χ4n) is 5.58. The number of thiophene rings is 1. The fraction of sp³-hybridized carbons (Fsp3) is 0.550. The molecule has 1 unspecified atom stereocenters. The number of hydrogen-bond acceptors (Lipinski definition) is 4. The lowest BCUT2D eigenvalue weighted by atomic mass is 9.61. The van der Waals surface area contributed by atoms with Crippen molar-refractivity contribution in [3.63, 3.8) is 0 Å². The van der Waals surface area contributed by atoms with Crippen LogP contribution in [0.1, 0.15) is 46.5 Å². The second-order valence-corrected chi connectivity index (χ2v) is 9.23. The number of fused-ring (bicyclic) bond motifs is 5. The van der Waals surface area contributed by atoms with Gasteiger partial charge in [-0.2, -0.15) is 0 Å². The van der Waals surface area contributed by atoms with Crippen molar-refractivity contribution in [3.8, 4) is 0 Å². The van der Waals surface area contributed by atoms with Gasteiger partial charge in [0.2, 0.25) is 0 Å². The van der Waals surface area contributed by atoms with Crippen molar-refractivity contribution in [2.75, 3.05) is 6.54 Å². The molecule has 2 aromatic rings. The SMILES string of the molecule is O=C(NC1C2CCC(CC2)[C@@]12CN2)c1cc2ccc3c(c2s1)COC3. The van der Waals surface area contributed by atoms with E-state index in [2.05, 4.69) is 28.8 Å². The maximum absolute atomic E-state index is 13.0. The smallest absolute Gasteiger partial charge is 0.261 e. The molecule has 130 valence electrons. The van der Waals surface area contributed by atoms with Gasteiger partial charge >= 0.3 is 0 Å². The summed E-state index contributed by atoms with van der Waals surface area (Å²) in [6, 6.07) is 6.64. The summed E-state index contributed by atoms with van der Waals surface area (Å²) < 4.78 is 6.81. The molecule has 0 radical (unpaired) electrons. The van der Waals surface area contributed by atoms with E-state index in [0.29, 0.717) is 25.2 Å². The van der Waals surface area contributed by atoms with Crippen molar-refractivity contribution < 1.29 is 9.53 Å². The molecule has 1 aromatic heterocycles. The Morgan fingerprint density at radius 2 is 2.08 bits per heavy atom. The van der Waals surface area contributed by atoms with Crippen LogP contribution in [0.5, 0.6) is 0 Å². The monoisotopic (exact) mass is 354 g/mol. The zero-order valence-electron chi connectivity index (χ0n) is 14.1. The van der Waals surface area contributed by atoms with Gasteiger partial charge in [-0.3, -0.25) is 4.79 Å². The normalized spacial score (nSPS) is 35.3. The van der Waals surface area contributed by atoms with Crippen LogP contribution in [-0.2, 0) is 18.0 Å². The second kappa shape index (κ2) is 5.06.